The molecule has 116 valence electrons. The number of nitrogens with one attached hydrogen (secondary N) is 1. The number of hydrogen-bond donors (Lipinski definition) is 1. The minimum atomic E-state index is -3.26. The van der Waals surface area contributed by atoms with E-state index in [0.29, 0.717) is 31.1 Å². The molecule has 2 aliphatic rings. The Balaban J connectivity index is 1.74. The minimum absolute atomic E-state index is 0.0199. The van der Waals surface area contributed by atoms with Crippen LogP contribution in [-0.2, 0) is 21.2 Å². The quantitative estimate of drug-likeness (QED) is 0.902. The highest BCUT2D eigenvalue weighted by atomic mass is 35.5. The van der Waals surface area contributed by atoms with Crippen molar-refractivity contribution in [2.24, 2.45) is 5.92 Å². The predicted octanol–water partition coefficient (Wildman–Crippen LogP) is 2.37. The molecule has 0 bridgehead atoms. The first-order valence-electron chi connectivity index (χ1n) is 7.38. The van der Waals surface area contributed by atoms with Gasteiger partial charge in [-0.05, 0) is 43.4 Å². The van der Waals surface area contributed by atoms with Crippen LogP contribution in [0.25, 0.3) is 0 Å². The van der Waals surface area contributed by atoms with Crippen LogP contribution in [0.2, 0.25) is 5.02 Å². The Hall–Kier alpha value is -0.620. The highest BCUT2D eigenvalue weighted by Crippen LogP contribution is 2.28. The van der Waals surface area contributed by atoms with Crippen LogP contribution in [0.4, 0.5) is 0 Å². The number of benzene rings is 1. The monoisotopic (exact) mass is 329 g/mol. The maximum Gasteiger partial charge on any atom is 0.215 e. The van der Waals surface area contributed by atoms with Crippen LogP contribution in [0.1, 0.15) is 24.8 Å². The van der Waals surface area contributed by atoms with Gasteiger partial charge in [0.15, 0.2) is 0 Å². The smallest absolute Gasteiger partial charge is 0.215 e. The van der Waals surface area contributed by atoms with Crippen LogP contribution in [-0.4, -0.2) is 32.9 Å². The fourth-order valence-corrected chi connectivity index (χ4v) is 5.04. The lowest BCUT2D eigenvalue weighted by Crippen LogP contribution is -2.45. The van der Waals surface area contributed by atoms with Crippen LogP contribution in [0.5, 0.6) is 0 Å². The number of sulfonamides is 1. The van der Waals surface area contributed by atoms with E-state index in [2.05, 4.69) is 4.72 Å². The van der Waals surface area contributed by atoms with Gasteiger partial charge >= 0.3 is 0 Å². The molecule has 1 saturated heterocycles. The van der Waals surface area contributed by atoms with Crippen molar-refractivity contribution in [2.45, 2.75) is 37.0 Å². The second-order valence-corrected chi connectivity index (χ2v) is 8.30. The second kappa shape index (κ2) is 6.24. The summed E-state index contributed by atoms with van der Waals surface area (Å²) in [7, 11) is -3.26. The fourth-order valence-electron chi connectivity index (χ4n) is 2.86. The van der Waals surface area contributed by atoms with Crippen LogP contribution in [0.15, 0.2) is 24.3 Å². The molecule has 21 heavy (non-hydrogen) atoms. The van der Waals surface area contributed by atoms with Crippen molar-refractivity contribution in [3.8, 4) is 0 Å². The molecule has 6 heteroatoms. The Morgan fingerprint density at radius 3 is 2.81 bits per heavy atom. The molecular formula is C15H20ClNO3S. The zero-order valence-corrected chi connectivity index (χ0v) is 13.4. The third-order valence-electron chi connectivity index (χ3n) is 4.10. The van der Waals surface area contributed by atoms with Gasteiger partial charge in [0, 0.05) is 23.6 Å². The van der Waals surface area contributed by atoms with Crippen molar-refractivity contribution in [3.63, 3.8) is 0 Å². The molecule has 1 heterocycles. The van der Waals surface area contributed by atoms with Gasteiger partial charge in [-0.1, -0.05) is 23.7 Å². The average molecular weight is 330 g/mol. The predicted molar refractivity (Wildman–Crippen MR) is 82.9 cm³/mol. The first kappa shape index (κ1) is 15.3. The van der Waals surface area contributed by atoms with Crippen molar-refractivity contribution in [2.75, 3.05) is 13.2 Å². The summed E-state index contributed by atoms with van der Waals surface area (Å²) in [5, 5.41) is 0.311. The fraction of sp³-hybridized carbons (Fsp3) is 0.600. The van der Waals surface area contributed by atoms with E-state index in [-0.39, 0.29) is 17.2 Å². The van der Waals surface area contributed by atoms with Gasteiger partial charge in [-0.25, -0.2) is 13.1 Å². The van der Waals surface area contributed by atoms with E-state index in [9.17, 15) is 8.42 Å². The molecule has 3 rings (SSSR count). The van der Waals surface area contributed by atoms with E-state index in [0.717, 1.165) is 18.4 Å². The molecule has 0 unspecified atom stereocenters. The second-order valence-electron chi connectivity index (χ2n) is 5.93. The molecule has 2 fully saturated rings. The molecule has 1 aliphatic carbocycles. The average Bonchev–Trinajstić information content (AvgIpc) is 3.22. The Morgan fingerprint density at radius 2 is 2.10 bits per heavy atom. The Labute approximate surface area is 130 Å². The Kier molecular flexibility index (Phi) is 4.54. The van der Waals surface area contributed by atoms with Gasteiger partial charge in [0.2, 0.25) is 10.0 Å². The number of hydrogen-bond acceptors (Lipinski definition) is 3. The van der Waals surface area contributed by atoms with E-state index in [4.69, 9.17) is 16.3 Å². The van der Waals surface area contributed by atoms with Crippen LogP contribution in [0.3, 0.4) is 0 Å². The lowest BCUT2D eigenvalue weighted by molar-refractivity contribution is 0.0570. The van der Waals surface area contributed by atoms with Gasteiger partial charge in [-0.3, -0.25) is 0 Å². The van der Waals surface area contributed by atoms with E-state index < -0.39 is 10.0 Å². The van der Waals surface area contributed by atoms with Gasteiger partial charge in [0.1, 0.15) is 0 Å². The maximum atomic E-state index is 12.5. The molecule has 0 amide bonds. The molecule has 0 aromatic heterocycles. The summed E-state index contributed by atoms with van der Waals surface area (Å²) in [4.78, 5) is 0. The Morgan fingerprint density at radius 1 is 1.29 bits per heavy atom. The molecule has 0 spiro atoms. The molecule has 1 N–H and O–H groups in total. The summed E-state index contributed by atoms with van der Waals surface area (Å²) in [6, 6.07) is 7.76. The van der Waals surface area contributed by atoms with E-state index in [1.54, 1.807) is 0 Å². The third-order valence-corrected chi connectivity index (χ3v) is 6.41. The van der Waals surface area contributed by atoms with Gasteiger partial charge < -0.3 is 4.74 Å². The summed E-state index contributed by atoms with van der Waals surface area (Å²) in [6.45, 7) is 1.01. The first-order chi connectivity index (χ1) is 10.0. The van der Waals surface area contributed by atoms with Gasteiger partial charge in [0.25, 0.3) is 0 Å². The van der Waals surface area contributed by atoms with Crippen LogP contribution >= 0.6 is 11.6 Å². The van der Waals surface area contributed by atoms with E-state index >= 15 is 0 Å². The van der Waals surface area contributed by atoms with Gasteiger partial charge in [0.05, 0.1) is 11.9 Å². The van der Waals surface area contributed by atoms with Crippen molar-refractivity contribution in [3.05, 3.63) is 34.9 Å². The van der Waals surface area contributed by atoms with E-state index in [1.165, 1.54) is 0 Å². The number of halogens is 1. The molecule has 0 radical (unpaired) electrons. The Bertz CT molecular complexity index is 601. The topological polar surface area (TPSA) is 55.4 Å². The lowest BCUT2D eigenvalue weighted by Gasteiger charge is -2.31. The maximum absolute atomic E-state index is 12.5. The summed E-state index contributed by atoms with van der Waals surface area (Å²) in [5.41, 5.74) is 1.06. The molecule has 4 nitrogen and oxygen atoms in total. The highest BCUT2D eigenvalue weighted by Gasteiger charge is 2.39. The largest absolute Gasteiger partial charge is 0.381 e. The summed E-state index contributed by atoms with van der Waals surface area (Å²) in [5.74, 6) is -0.0199. The first-order valence-corrected chi connectivity index (χ1v) is 9.30. The third kappa shape index (κ3) is 3.97. The van der Waals surface area contributed by atoms with Crippen molar-refractivity contribution in [1.29, 1.82) is 0 Å². The standard InChI is InChI=1S/C15H20ClNO3S/c16-13-3-1-2-11(9-13)8-12-10-20-7-6-15(12)21(18,19)17-14-4-5-14/h1-3,9,12,14-15,17H,4-8,10H2/t12-,15-/m1/s1. The van der Waals surface area contributed by atoms with Gasteiger partial charge in [-0.2, -0.15) is 0 Å². The molecule has 1 aromatic rings. The molecule has 1 aromatic carbocycles. The molecule has 1 saturated carbocycles. The van der Waals surface area contributed by atoms with Crippen LogP contribution in [0, 0.1) is 5.92 Å². The summed E-state index contributed by atoms with van der Waals surface area (Å²) >= 11 is 6.00. The zero-order valence-electron chi connectivity index (χ0n) is 11.8. The SMILES string of the molecule is O=S(=O)(NC1CC1)[C@@H]1CCOC[C@H]1Cc1cccc(Cl)c1. The van der Waals surface area contributed by atoms with Crippen molar-refractivity contribution >= 4 is 21.6 Å². The molecular weight excluding hydrogens is 310 g/mol. The number of rotatable bonds is 5. The molecule has 2 atom stereocenters. The normalized spacial score (nSPS) is 26.7. The van der Waals surface area contributed by atoms with Crippen LogP contribution < -0.4 is 4.72 Å². The van der Waals surface area contributed by atoms with E-state index in [1.807, 2.05) is 24.3 Å². The minimum Gasteiger partial charge on any atom is -0.381 e. The summed E-state index contributed by atoms with van der Waals surface area (Å²) < 4.78 is 33.3. The van der Waals surface area contributed by atoms with Crippen molar-refractivity contribution in [1.82, 2.24) is 4.72 Å². The zero-order chi connectivity index (χ0) is 14.9. The molecule has 1 aliphatic heterocycles. The van der Waals surface area contributed by atoms with Gasteiger partial charge in [-0.15, -0.1) is 0 Å². The summed E-state index contributed by atoms with van der Waals surface area (Å²) in [6.07, 6.45) is 3.16. The highest BCUT2D eigenvalue weighted by molar-refractivity contribution is 7.90. The lowest BCUT2D eigenvalue weighted by atomic mass is 9.94. The van der Waals surface area contributed by atoms with Crippen molar-refractivity contribution < 1.29 is 13.2 Å². The number of ether oxygens (including phenoxy) is 1.